The summed E-state index contributed by atoms with van der Waals surface area (Å²) in [5.74, 6) is 1.49. The van der Waals surface area contributed by atoms with E-state index in [1.54, 1.807) is 0 Å². The molecule has 1 heterocycles. The summed E-state index contributed by atoms with van der Waals surface area (Å²) < 4.78 is 0. The second-order valence-electron chi connectivity index (χ2n) is 5.59. The zero-order valence-electron chi connectivity index (χ0n) is 12.4. The molecular formula is C14H30N4. The van der Waals surface area contributed by atoms with Gasteiger partial charge in [-0.3, -0.25) is 4.99 Å². The molecule has 0 aromatic rings. The molecule has 0 bridgehead atoms. The van der Waals surface area contributed by atoms with Crippen molar-refractivity contribution in [3.05, 3.63) is 0 Å². The van der Waals surface area contributed by atoms with Crippen LogP contribution < -0.4 is 5.73 Å². The molecule has 0 amide bonds. The maximum atomic E-state index is 6.05. The highest BCUT2D eigenvalue weighted by molar-refractivity contribution is 5.78. The van der Waals surface area contributed by atoms with Crippen molar-refractivity contribution >= 4 is 5.96 Å². The van der Waals surface area contributed by atoms with Gasteiger partial charge in [-0.15, -0.1) is 0 Å². The zero-order valence-corrected chi connectivity index (χ0v) is 12.4. The molecule has 4 nitrogen and oxygen atoms in total. The summed E-state index contributed by atoms with van der Waals surface area (Å²) in [4.78, 5) is 9.08. The van der Waals surface area contributed by atoms with Crippen molar-refractivity contribution in [3.63, 3.8) is 0 Å². The first-order chi connectivity index (χ1) is 8.63. The number of aliphatic imine (C=N–C) groups is 1. The van der Waals surface area contributed by atoms with E-state index in [0.717, 1.165) is 44.6 Å². The van der Waals surface area contributed by atoms with Gasteiger partial charge >= 0.3 is 0 Å². The average molecular weight is 254 g/mol. The minimum Gasteiger partial charge on any atom is -0.370 e. The first-order valence-electron chi connectivity index (χ1n) is 7.37. The number of piperidine rings is 1. The maximum absolute atomic E-state index is 6.05. The van der Waals surface area contributed by atoms with E-state index in [-0.39, 0.29) is 0 Å². The lowest BCUT2D eigenvalue weighted by atomic mass is 10.0. The third-order valence-electron chi connectivity index (χ3n) is 3.63. The third-order valence-corrected chi connectivity index (χ3v) is 3.63. The SMILES string of the molecule is CCCCN(C)CCN=C(N)N1CCCC(C)C1. The lowest BCUT2D eigenvalue weighted by Crippen LogP contribution is -2.43. The van der Waals surface area contributed by atoms with Crippen LogP contribution >= 0.6 is 0 Å². The first kappa shape index (κ1) is 15.3. The molecule has 18 heavy (non-hydrogen) atoms. The monoisotopic (exact) mass is 254 g/mol. The van der Waals surface area contributed by atoms with Crippen molar-refractivity contribution in [1.82, 2.24) is 9.80 Å². The van der Waals surface area contributed by atoms with Crippen LogP contribution in [-0.2, 0) is 0 Å². The molecule has 1 saturated heterocycles. The van der Waals surface area contributed by atoms with E-state index in [2.05, 4.69) is 35.7 Å². The zero-order chi connectivity index (χ0) is 13.4. The number of likely N-dealkylation sites (tertiary alicyclic amines) is 1. The van der Waals surface area contributed by atoms with Crippen LogP contribution in [0.25, 0.3) is 0 Å². The summed E-state index contributed by atoms with van der Waals surface area (Å²) >= 11 is 0. The second-order valence-corrected chi connectivity index (χ2v) is 5.59. The molecule has 1 rings (SSSR count). The lowest BCUT2D eigenvalue weighted by molar-refractivity contribution is 0.269. The van der Waals surface area contributed by atoms with Gasteiger partial charge in [-0.25, -0.2) is 0 Å². The van der Waals surface area contributed by atoms with E-state index in [0.29, 0.717) is 0 Å². The third kappa shape index (κ3) is 5.71. The predicted molar refractivity (Wildman–Crippen MR) is 78.9 cm³/mol. The summed E-state index contributed by atoms with van der Waals surface area (Å²) in [5.41, 5.74) is 6.05. The van der Waals surface area contributed by atoms with Gasteiger partial charge < -0.3 is 15.5 Å². The van der Waals surface area contributed by atoms with Gasteiger partial charge in [0.15, 0.2) is 5.96 Å². The molecule has 0 saturated carbocycles. The molecule has 2 N–H and O–H groups in total. The molecule has 0 aromatic carbocycles. The Morgan fingerprint density at radius 2 is 2.22 bits per heavy atom. The molecule has 0 aliphatic carbocycles. The van der Waals surface area contributed by atoms with E-state index >= 15 is 0 Å². The summed E-state index contributed by atoms with van der Waals surface area (Å²) in [5, 5.41) is 0. The van der Waals surface area contributed by atoms with Gasteiger partial charge in [0, 0.05) is 19.6 Å². The summed E-state index contributed by atoms with van der Waals surface area (Å²) in [6.45, 7) is 9.64. The Bertz CT molecular complexity index is 252. The van der Waals surface area contributed by atoms with E-state index in [1.807, 2.05) is 0 Å². The fourth-order valence-electron chi connectivity index (χ4n) is 2.37. The van der Waals surface area contributed by atoms with Crippen LogP contribution in [0.4, 0.5) is 0 Å². The van der Waals surface area contributed by atoms with E-state index < -0.39 is 0 Å². The van der Waals surface area contributed by atoms with Gasteiger partial charge in [0.2, 0.25) is 0 Å². The van der Waals surface area contributed by atoms with Crippen molar-refractivity contribution in [2.45, 2.75) is 39.5 Å². The van der Waals surface area contributed by atoms with Crippen LogP contribution in [0.1, 0.15) is 39.5 Å². The molecular weight excluding hydrogens is 224 g/mol. The average Bonchev–Trinajstić information content (AvgIpc) is 2.36. The fourth-order valence-corrected chi connectivity index (χ4v) is 2.37. The summed E-state index contributed by atoms with van der Waals surface area (Å²) in [6, 6.07) is 0. The number of unbranched alkanes of at least 4 members (excludes halogenated alkanes) is 1. The Labute approximate surface area is 112 Å². The van der Waals surface area contributed by atoms with Gasteiger partial charge in [0.25, 0.3) is 0 Å². The number of nitrogens with zero attached hydrogens (tertiary/aromatic N) is 3. The van der Waals surface area contributed by atoms with Crippen molar-refractivity contribution < 1.29 is 0 Å². The van der Waals surface area contributed by atoms with Crippen LogP contribution in [0, 0.1) is 5.92 Å². The quantitative estimate of drug-likeness (QED) is 0.580. The number of guanidine groups is 1. The van der Waals surface area contributed by atoms with Gasteiger partial charge in [0.1, 0.15) is 0 Å². The molecule has 0 aromatic heterocycles. The number of nitrogens with two attached hydrogens (primary N) is 1. The van der Waals surface area contributed by atoms with Crippen LogP contribution in [0.2, 0.25) is 0 Å². The van der Waals surface area contributed by atoms with E-state index in [9.17, 15) is 0 Å². The lowest BCUT2D eigenvalue weighted by Gasteiger charge is -2.31. The van der Waals surface area contributed by atoms with Gasteiger partial charge in [0.05, 0.1) is 6.54 Å². The summed E-state index contributed by atoms with van der Waals surface area (Å²) in [6.07, 6.45) is 5.08. The highest BCUT2D eigenvalue weighted by Crippen LogP contribution is 2.14. The van der Waals surface area contributed by atoms with E-state index in [4.69, 9.17) is 5.73 Å². The van der Waals surface area contributed by atoms with Gasteiger partial charge in [-0.2, -0.15) is 0 Å². The van der Waals surface area contributed by atoms with Crippen molar-refractivity contribution in [2.75, 3.05) is 39.8 Å². The minimum absolute atomic E-state index is 0.741. The standard InChI is InChI=1S/C14H30N4/c1-4-5-9-17(3)11-8-16-14(15)18-10-6-7-13(2)12-18/h13H,4-12H2,1-3H3,(H2,15,16). The number of hydrogen-bond donors (Lipinski definition) is 1. The summed E-state index contributed by atoms with van der Waals surface area (Å²) in [7, 11) is 2.16. The predicted octanol–water partition coefficient (Wildman–Crippen LogP) is 1.76. The first-order valence-corrected chi connectivity index (χ1v) is 7.37. The Morgan fingerprint density at radius 1 is 1.44 bits per heavy atom. The van der Waals surface area contributed by atoms with Crippen LogP contribution in [0.5, 0.6) is 0 Å². The molecule has 1 aliphatic heterocycles. The van der Waals surface area contributed by atoms with Gasteiger partial charge in [-0.1, -0.05) is 20.3 Å². The van der Waals surface area contributed by atoms with Crippen LogP contribution in [-0.4, -0.2) is 55.5 Å². The highest BCUT2D eigenvalue weighted by Gasteiger charge is 2.17. The van der Waals surface area contributed by atoms with Crippen LogP contribution in [0.3, 0.4) is 0 Å². The Hall–Kier alpha value is -0.770. The van der Waals surface area contributed by atoms with Gasteiger partial charge in [-0.05, 0) is 38.8 Å². The molecule has 1 atom stereocenters. The van der Waals surface area contributed by atoms with Crippen molar-refractivity contribution in [1.29, 1.82) is 0 Å². The topological polar surface area (TPSA) is 44.9 Å². The minimum atomic E-state index is 0.741. The Balaban J connectivity index is 2.24. The maximum Gasteiger partial charge on any atom is 0.191 e. The van der Waals surface area contributed by atoms with Crippen molar-refractivity contribution in [3.8, 4) is 0 Å². The number of rotatable bonds is 6. The molecule has 0 spiro atoms. The highest BCUT2D eigenvalue weighted by atomic mass is 15.3. The smallest absolute Gasteiger partial charge is 0.191 e. The molecule has 4 heteroatoms. The van der Waals surface area contributed by atoms with Crippen molar-refractivity contribution in [2.24, 2.45) is 16.6 Å². The number of hydrogen-bond acceptors (Lipinski definition) is 2. The molecule has 1 fully saturated rings. The number of likely N-dealkylation sites (N-methyl/N-ethyl adjacent to an activating group) is 1. The molecule has 1 aliphatic rings. The Morgan fingerprint density at radius 3 is 2.89 bits per heavy atom. The van der Waals surface area contributed by atoms with Crippen LogP contribution in [0.15, 0.2) is 4.99 Å². The molecule has 1 unspecified atom stereocenters. The Kier molecular flexibility index (Phi) is 7.09. The fraction of sp³-hybridized carbons (Fsp3) is 0.929. The normalized spacial score (nSPS) is 21.7. The second kappa shape index (κ2) is 8.35. The molecule has 106 valence electrons. The van der Waals surface area contributed by atoms with E-state index in [1.165, 1.54) is 25.7 Å². The largest absolute Gasteiger partial charge is 0.370 e. The molecule has 0 radical (unpaired) electrons.